The Morgan fingerprint density at radius 3 is 2.94 bits per heavy atom. The van der Waals surface area contributed by atoms with Gasteiger partial charge in [-0.1, -0.05) is 0 Å². The van der Waals surface area contributed by atoms with E-state index in [0.29, 0.717) is 6.04 Å². The Kier molecular flexibility index (Phi) is 3.78. The second-order valence-electron chi connectivity index (χ2n) is 3.69. The molecule has 2 rings (SSSR count). The third-order valence-corrected chi connectivity index (χ3v) is 4.27. The minimum absolute atomic E-state index is 0.339. The molecule has 5 heteroatoms. The first kappa shape index (κ1) is 11.8. The van der Waals surface area contributed by atoms with Gasteiger partial charge in [0.1, 0.15) is 0 Å². The summed E-state index contributed by atoms with van der Waals surface area (Å²) in [6, 6.07) is 4.56. The minimum Gasteiger partial charge on any atom is -0.312 e. The summed E-state index contributed by atoms with van der Waals surface area (Å²) in [6.07, 6.45) is 2.90. The van der Waals surface area contributed by atoms with Crippen molar-refractivity contribution in [3.63, 3.8) is 0 Å². The van der Waals surface area contributed by atoms with Gasteiger partial charge < -0.3 is 5.32 Å². The quantitative estimate of drug-likeness (QED) is 0.941. The molecule has 1 unspecified atom stereocenters. The molecule has 0 amide bonds. The van der Waals surface area contributed by atoms with Gasteiger partial charge in [0.2, 0.25) is 0 Å². The van der Waals surface area contributed by atoms with Gasteiger partial charge in [0, 0.05) is 40.4 Å². The van der Waals surface area contributed by atoms with Crippen molar-refractivity contribution in [2.75, 3.05) is 7.05 Å². The molecule has 16 heavy (non-hydrogen) atoms. The van der Waals surface area contributed by atoms with Crippen LogP contribution in [0.4, 0.5) is 0 Å². The number of thiophene rings is 1. The lowest BCUT2D eigenvalue weighted by molar-refractivity contribution is 0.586. The van der Waals surface area contributed by atoms with Crippen molar-refractivity contribution in [1.29, 1.82) is 0 Å². The van der Waals surface area contributed by atoms with Crippen LogP contribution in [0.1, 0.15) is 16.6 Å². The van der Waals surface area contributed by atoms with Crippen molar-refractivity contribution in [2.24, 2.45) is 7.05 Å². The Hall–Kier alpha value is -0.650. The van der Waals surface area contributed by atoms with Gasteiger partial charge in [-0.3, -0.25) is 4.68 Å². The predicted molar refractivity (Wildman–Crippen MR) is 70.7 cm³/mol. The summed E-state index contributed by atoms with van der Waals surface area (Å²) in [4.78, 5) is 1.33. The maximum atomic E-state index is 4.40. The largest absolute Gasteiger partial charge is 0.312 e. The molecule has 0 spiro atoms. The number of nitrogens with one attached hydrogen (secondary N) is 1. The summed E-state index contributed by atoms with van der Waals surface area (Å²) in [5, 5.41) is 9.84. The summed E-state index contributed by atoms with van der Waals surface area (Å²) >= 11 is 5.25. The fourth-order valence-electron chi connectivity index (χ4n) is 1.64. The molecular formula is C11H14BrN3S. The van der Waals surface area contributed by atoms with Gasteiger partial charge in [-0.05, 0) is 35.1 Å². The van der Waals surface area contributed by atoms with Crippen LogP contribution >= 0.6 is 27.3 Å². The monoisotopic (exact) mass is 299 g/mol. The summed E-state index contributed by atoms with van der Waals surface area (Å²) in [7, 11) is 3.93. The molecule has 0 aromatic carbocycles. The second kappa shape index (κ2) is 5.12. The molecule has 3 nitrogen and oxygen atoms in total. The van der Waals surface area contributed by atoms with Gasteiger partial charge in [0.15, 0.2) is 0 Å². The van der Waals surface area contributed by atoms with Crippen molar-refractivity contribution in [2.45, 2.75) is 12.5 Å². The molecule has 0 aliphatic rings. The van der Waals surface area contributed by atoms with E-state index in [0.717, 1.165) is 16.6 Å². The fraction of sp³-hybridized carbons (Fsp3) is 0.364. The molecule has 0 saturated heterocycles. The van der Waals surface area contributed by atoms with Gasteiger partial charge in [0.05, 0.1) is 5.69 Å². The zero-order valence-electron chi connectivity index (χ0n) is 9.27. The molecule has 2 aromatic heterocycles. The molecule has 0 saturated carbocycles. The van der Waals surface area contributed by atoms with Gasteiger partial charge in [-0.15, -0.1) is 11.3 Å². The van der Waals surface area contributed by atoms with Crippen LogP contribution in [0.25, 0.3) is 0 Å². The Morgan fingerprint density at radius 2 is 2.44 bits per heavy atom. The van der Waals surface area contributed by atoms with Crippen LogP contribution in [0.3, 0.4) is 0 Å². The normalized spacial score (nSPS) is 12.9. The number of halogens is 1. The first-order valence-corrected chi connectivity index (χ1v) is 6.76. The molecule has 2 aromatic rings. The van der Waals surface area contributed by atoms with E-state index in [1.807, 2.05) is 25.0 Å². The van der Waals surface area contributed by atoms with Crippen molar-refractivity contribution < 1.29 is 0 Å². The number of nitrogens with zero attached hydrogens (tertiary/aromatic N) is 2. The molecule has 0 bridgehead atoms. The van der Waals surface area contributed by atoms with Gasteiger partial charge in [-0.2, -0.15) is 5.10 Å². The van der Waals surface area contributed by atoms with Crippen molar-refractivity contribution in [1.82, 2.24) is 15.1 Å². The number of aromatic nitrogens is 2. The zero-order chi connectivity index (χ0) is 11.5. The first-order chi connectivity index (χ1) is 7.69. The summed E-state index contributed by atoms with van der Waals surface area (Å²) in [5.41, 5.74) is 1.12. The highest BCUT2D eigenvalue weighted by Gasteiger charge is 2.13. The lowest BCUT2D eigenvalue weighted by Gasteiger charge is -2.12. The third kappa shape index (κ3) is 2.72. The van der Waals surface area contributed by atoms with E-state index < -0.39 is 0 Å². The third-order valence-electron chi connectivity index (χ3n) is 2.46. The smallest absolute Gasteiger partial charge is 0.0643 e. The summed E-state index contributed by atoms with van der Waals surface area (Å²) < 4.78 is 2.99. The average molecular weight is 300 g/mol. The van der Waals surface area contributed by atoms with E-state index in [4.69, 9.17) is 0 Å². The lowest BCUT2D eigenvalue weighted by Crippen LogP contribution is -2.18. The topological polar surface area (TPSA) is 29.9 Å². The highest BCUT2D eigenvalue weighted by molar-refractivity contribution is 9.10. The summed E-state index contributed by atoms with van der Waals surface area (Å²) in [6.45, 7) is 0. The highest BCUT2D eigenvalue weighted by Crippen LogP contribution is 2.27. The standard InChI is InChI=1S/C11H14BrN3S/c1-13-10(11-5-8(12)7-16-11)6-9-3-4-15(2)14-9/h3-5,7,10,13H,6H2,1-2H3. The van der Waals surface area contributed by atoms with E-state index in [1.165, 1.54) is 4.88 Å². The Bertz CT molecular complexity index is 463. The zero-order valence-corrected chi connectivity index (χ0v) is 11.7. The van der Waals surface area contributed by atoms with E-state index in [1.54, 1.807) is 11.3 Å². The van der Waals surface area contributed by atoms with Crippen LogP contribution in [0.15, 0.2) is 28.2 Å². The molecular weight excluding hydrogens is 286 g/mol. The van der Waals surface area contributed by atoms with Crippen LogP contribution < -0.4 is 5.32 Å². The number of rotatable bonds is 4. The van der Waals surface area contributed by atoms with E-state index >= 15 is 0 Å². The SMILES string of the molecule is CNC(Cc1ccn(C)n1)c1cc(Br)cs1. The van der Waals surface area contributed by atoms with Gasteiger partial charge in [0.25, 0.3) is 0 Å². The number of hydrogen-bond donors (Lipinski definition) is 1. The van der Waals surface area contributed by atoms with Crippen LogP contribution in [-0.2, 0) is 13.5 Å². The fourth-order valence-corrected chi connectivity index (χ4v) is 3.19. The molecule has 1 atom stereocenters. The van der Waals surface area contributed by atoms with Crippen LogP contribution in [0.5, 0.6) is 0 Å². The molecule has 0 radical (unpaired) electrons. The lowest BCUT2D eigenvalue weighted by atomic mass is 10.1. The average Bonchev–Trinajstić information content (AvgIpc) is 2.84. The van der Waals surface area contributed by atoms with E-state index in [2.05, 4.69) is 43.9 Å². The first-order valence-electron chi connectivity index (χ1n) is 5.09. The van der Waals surface area contributed by atoms with Crippen LogP contribution in [-0.4, -0.2) is 16.8 Å². The maximum absolute atomic E-state index is 4.40. The molecule has 0 aliphatic heterocycles. The van der Waals surface area contributed by atoms with Gasteiger partial charge in [-0.25, -0.2) is 0 Å². The van der Waals surface area contributed by atoms with Crippen molar-refractivity contribution in [3.8, 4) is 0 Å². The molecule has 1 N–H and O–H groups in total. The Balaban J connectivity index is 2.12. The van der Waals surface area contributed by atoms with E-state index in [-0.39, 0.29) is 0 Å². The molecule has 0 fully saturated rings. The second-order valence-corrected chi connectivity index (χ2v) is 5.55. The number of hydrogen-bond acceptors (Lipinski definition) is 3. The van der Waals surface area contributed by atoms with Crippen molar-refractivity contribution >= 4 is 27.3 Å². The van der Waals surface area contributed by atoms with Crippen molar-refractivity contribution in [3.05, 3.63) is 38.8 Å². The number of likely N-dealkylation sites (N-methyl/N-ethyl adjacent to an activating group) is 1. The molecule has 2 heterocycles. The Morgan fingerprint density at radius 1 is 1.62 bits per heavy atom. The maximum Gasteiger partial charge on any atom is 0.0643 e. The number of aryl methyl sites for hydroxylation is 1. The Labute approximate surface area is 108 Å². The van der Waals surface area contributed by atoms with Crippen LogP contribution in [0.2, 0.25) is 0 Å². The minimum atomic E-state index is 0.339. The van der Waals surface area contributed by atoms with E-state index in [9.17, 15) is 0 Å². The molecule has 86 valence electrons. The van der Waals surface area contributed by atoms with Crippen LogP contribution in [0, 0.1) is 0 Å². The summed E-state index contributed by atoms with van der Waals surface area (Å²) in [5.74, 6) is 0. The van der Waals surface area contributed by atoms with Gasteiger partial charge >= 0.3 is 0 Å². The molecule has 0 aliphatic carbocycles. The highest BCUT2D eigenvalue weighted by atomic mass is 79.9. The predicted octanol–water partition coefficient (Wildman–Crippen LogP) is 2.75.